The number of aryl methyl sites for hydroxylation is 4. The molecule has 0 aliphatic carbocycles. The van der Waals surface area contributed by atoms with E-state index in [9.17, 15) is 0 Å². The summed E-state index contributed by atoms with van der Waals surface area (Å²) in [6, 6.07) is 16.3. The van der Waals surface area contributed by atoms with Gasteiger partial charge in [0.25, 0.3) is 0 Å². The summed E-state index contributed by atoms with van der Waals surface area (Å²) in [7, 11) is 3.26. The SMILES string of the molecule is COc1c(-c2cc(CCc3ccc4c(c3)OCO4)c3c(c2OC)OCO3)cc(CCc2ccc3c(c2)OCO3)c2c1OCO2. The fourth-order valence-electron chi connectivity index (χ4n) is 6.15. The number of methoxy groups -OCH3 is 2. The molecule has 0 spiro atoms. The normalized spacial score (nSPS) is 14.7. The van der Waals surface area contributed by atoms with Crippen LogP contribution in [0.5, 0.6) is 57.5 Å². The van der Waals surface area contributed by atoms with Crippen molar-refractivity contribution in [3.63, 3.8) is 0 Å². The van der Waals surface area contributed by atoms with E-state index in [2.05, 4.69) is 24.3 Å². The summed E-state index contributed by atoms with van der Waals surface area (Å²) >= 11 is 0. The number of rotatable bonds is 9. The highest BCUT2D eigenvalue weighted by Crippen LogP contribution is 2.55. The standard InChI is InChI=1S/C34H30O10/c1-35-31-23(13-21(29-33(31)43-17-41-29)7-3-19-5-9-25-27(11-19)39-15-37-25)24-14-22(30-34(32(24)36-2)44-18-42-30)8-4-20-6-10-26-28(12-20)40-16-38-26/h5-6,9-14H,3-4,7-8,15-18H2,1-2H3. The van der Waals surface area contributed by atoms with Gasteiger partial charge in [-0.3, -0.25) is 0 Å². The Labute approximate surface area is 253 Å². The minimum Gasteiger partial charge on any atom is -0.492 e. The van der Waals surface area contributed by atoms with E-state index in [1.807, 2.05) is 24.3 Å². The molecular weight excluding hydrogens is 568 g/mol. The minimum absolute atomic E-state index is 0.116. The molecule has 0 unspecified atom stereocenters. The average Bonchev–Trinajstić information content (AvgIpc) is 3.88. The van der Waals surface area contributed by atoms with Crippen LogP contribution in [0.4, 0.5) is 0 Å². The van der Waals surface area contributed by atoms with Gasteiger partial charge in [0.05, 0.1) is 14.2 Å². The van der Waals surface area contributed by atoms with Gasteiger partial charge in [-0.25, -0.2) is 0 Å². The Balaban J connectivity index is 1.17. The smallest absolute Gasteiger partial charge is 0.231 e. The van der Waals surface area contributed by atoms with Gasteiger partial charge in [-0.2, -0.15) is 0 Å². The van der Waals surface area contributed by atoms with Gasteiger partial charge in [-0.15, -0.1) is 0 Å². The van der Waals surface area contributed by atoms with Gasteiger partial charge in [-0.1, -0.05) is 12.1 Å². The van der Waals surface area contributed by atoms with Crippen LogP contribution < -0.4 is 47.4 Å². The molecule has 4 aromatic rings. The van der Waals surface area contributed by atoms with Crippen LogP contribution in [0.2, 0.25) is 0 Å². The molecule has 4 aliphatic rings. The molecule has 0 N–H and O–H groups in total. The first-order chi connectivity index (χ1) is 21.7. The summed E-state index contributed by atoms with van der Waals surface area (Å²) in [5.74, 6) is 6.74. The molecule has 0 atom stereocenters. The third kappa shape index (κ3) is 4.49. The molecule has 0 fully saturated rings. The van der Waals surface area contributed by atoms with Gasteiger partial charge in [-0.05, 0) is 84.3 Å². The van der Waals surface area contributed by atoms with Crippen LogP contribution in [-0.2, 0) is 25.7 Å². The van der Waals surface area contributed by atoms with Gasteiger partial charge in [0.15, 0.2) is 46.0 Å². The van der Waals surface area contributed by atoms with E-state index in [-0.39, 0.29) is 27.2 Å². The van der Waals surface area contributed by atoms with Crippen molar-refractivity contribution in [2.24, 2.45) is 0 Å². The summed E-state index contributed by atoms with van der Waals surface area (Å²) in [5, 5.41) is 0. The first-order valence-electron chi connectivity index (χ1n) is 14.5. The maximum atomic E-state index is 5.97. The molecular formula is C34H30O10. The molecule has 0 saturated carbocycles. The number of hydrogen-bond acceptors (Lipinski definition) is 10. The maximum absolute atomic E-state index is 5.97. The summed E-state index contributed by atoms with van der Waals surface area (Å²) in [6.07, 6.45) is 2.92. The number of fused-ring (bicyclic) bond motifs is 4. The van der Waals surface area contributed by atoms with Crippen LogP contribution in [0, 0.1) is 0 Å². The molecule has 4 aliphatic heterocycles. The van der Waals surface area contributed by atoms with E-state index in [1.54, 1.807) is 14.2 Å². The Morgan fingerprint density at radius 2 is 0.864 bits per heavy atom. The van der Waals surface area contributed by atoms with E-state index in [0.29, 0.717) is 47.3 Å². The minimum atomic E-state index is 0.116. The lowest BCUT2D eigenvalue weighted by atomic mass is 9.93. The highest BCUT2D eigenvalue weighted by molar-refractivity contribution is 5.85. The Morgan fingerprint density at radius 1 is 0.455 bits per heavy atom. The molecule has 4 aromatic carbocycles. The van der Waals surface area contributed by atoms with Crippen LogP contribution in [-0.4, -0.2) is 41.4 Å². The summed E-state index contributed by atoms with van der Waals surface area (Å²) < 4.78 is 57.9. The molecule has 44 heavy (non-hydrogen) atoms. The van der Waals surface area contributed by atoms with Gasteiger partial charge in [0, 0.05) is 11.1 Å². The zero-order valence-electron chi connectivity index (χ0n) is 24.4. The zero-order valence-corrected chi connectivity index (χ0v) is 24.4. The molecule has 4 heterocycles. The van der Waals surface area contributed by atoms with Crippen molar-refractivity contribution in [1.82, 2.24) is 0 Å². The highest BCUT2D eigenvalue weighted by Gasteiger charge is 2.32. The lowest BCUT2D eigenvalue weighted by Gasteiger charge is -2.19. The van der Waals surface area contributed by atoms with Crippen molar-refractivity contribution in [2.45, 2.75) is 25.7 Å². The Bertz CT molecular complexity index is 1640. The van der Waals surface area contributed by atoms with Gasteiger partial charge < -0.3 is 47.4 Å². The predicted molar refractivity (Wildman–Crippen MR) is 157 cm³/mol. The number of hydrogen-bond donors (Lipinski definition) is 0. The third-order valence-corrected chi connectivity index (χ3v) is 8.29. The maximum Gasteiger partial charge on any atom is 0.231 e. The molecule has 0 bridgehead atoms. The zero-order chi connectivity index (χ0) is 29.6. The van der Waals surface area contributed by atoms with Crippen molar-refractivity contribution >= 4 is 0 Å². The second-order valence-corrected chi connectivity index (χ2v) is 10.7. The summed E-state index contributed by atoms with van der Waals surface area (Å²) in [5.41, 5.74) is 5.88. The topological polar surface area (TPSA) is 92.3 Å². The van der Waals surface area contributed by atoms with E-state index in [4.69, 9.17) is 47.4 Å². The van der Waals surface area contributed by atoms with Gasteiger partial charge >= 0.3 is 0 Å². The number of benzene rings is 4. The quantitative estimate of drug-likeness (QED) is 0.233. The fourth-order valence-corrected chi connectivity index (χ4v) is 6.15. The van der Waals surface area contributed by atoms with E-state index < -0.39 is 0 Å². The van der Waals surface area contributed by atoms with Crippen LogP contribution in [0.1, 0.15) is 22.3 Å². The Kier molecular flexibility index (Phi) is 6.54. The van der Waals surface area contributed by atoms with Crippen LogP contribution in [0.15, 0.2) is 48.5 Å². The molecule has 10 heteroatoms. The molecule has 226 valence electrons. The summed E-state index contributed by atoms with van der Waals surface area (Å²) in [6.45, 7) is 0.723. The van der Waals surface area contributed by atoms with E-state index >= 15 is 0 Å². The summed E-state index contributed by atoms with van der Waals surface area (Å²) in [4.78, 5) is 0. The largest absolute Gasteiger partial charge is 0.492 e. The van der Waals surface area contributed by atoms with E-state index in [1.165, 1.54) is 0 Å². The van der Waals surface area contributed by atoms with Crippen molar-refractivity contribution in [1.29, 1.82) is 0 Å². The predicted octanol–water partition coefficient (Wildman–Crippen LogP) is 5.86. The Hall–Kier alpha value is -5.12. The average molecular weight is 599 g/mol. The van der Waals surface area contributed by atoms with Crippen LogP contribution in [0.3, 0.4) is 0 Å². The Morgan fingerprint density at radius 3 is 1.32 bits per heavy atom. The van der Waals surface area contributed by atoms with Crippen molar-refractivity contribution in [3.8, 4) is 68.6 Å². The van der Waals surface area contributed by atoms with Gasteiger partial charge in [0.1, 0.15) is 0 Å². The lowest BCUT2D eigenvalue weighted by Crippen LogP contribution is -2.00. The van der Waals surface area contributed by atoms with Crippen molar-refractivity contribution < 1.29 is 47.4 Å². The van der Waals surface area contributed by atoms with Crippen molar-refractivity contribution in [3.05, 3.63) is 70.8 Å². The molecule has 0 radical (unpaired) electrons. The van der Waals surface area contributed by atoms with Crippen LogP contribution >= 0.6 is 0 Å². The second-order valence-electron chi connectivity index (χ2n) is 10.7. The molecule has 8 rings (SSSR count). The second kappa shape index (κ2) is 10.9. The third-order valence-electron chi connectivity index (χ3n) is 8.29. The molecule has 0 amide bonds. The van der Waals surface area contributed by atoms with Crippen LogP contribution in [0.25, 0.3) is 11.1 Å². The molecule has 0 saturated heterocycles. The highest BCUT2D eigenvalue weighted by atomic mass is 16.7. The molecule has 0 aromatic heterocycles. The van der Waals surface area contributed by atoms with E-state index in [0.717, 1.165) is 69.2 Å². The first-order valence-corrected chi connectivity index (χ1v) is 14.5. The van der Waals surface area contributed by atoms with Crippen molar-refractivity contribution in [2.75, 3.05) is 41.4 Å². The number of ether oxygens (including phenoxy) is 10. The fraction of sp³-hybridized carbons (Fsp3) is 0.294. The molecule has 10 nitrogen and oxygen atoms in total. The first kappa shape index (κ1) is 26.5. The monoisotopic (exact) mass is 598 g/mol. The van der Waals surface area contributed by atoms with Gasteiger partial charge in [0.2, 0.25) is 38.7 Å². The lowest BCUT2D eigenvalue weighted by molar-refractivity contribution is 0.170.